The van der Waals surface area contributed by atoms with Crippen molar-refractivity contribution in [1.29, 1.82) is 5.26 Å². The zero-order valence-electron chi connectivity index (χ0n) is 8.93. The molecule has 0 aliphatic carbocycles. The molecule has 0 radical (unpaired) electrons. The maximum Gasteiger partial charge on any atom is 0.182 e. The Kier molecular flexibility index (Phi) is 4.37. The van der Waals surface area contributed by atoms with E-state index in [9.17, 15) is 12.8 Å². The minimum atomic E-state index is -3.66. The molecule has 1 rings (SSSR count). The number of hydrogen-bond acceptors (Lipinski definition) is 4. The lowest BCUT2D eigenvalue weighted by atomic mass is 10.2. The van der Waals surface area contributed by atoms with E-state index >= 15 is 0 Å². The molecule has 0 amide bonds. The molecule has 0 aliphatic rings. The molecule has 0 aromatic heterocycles. The molecule has 17 heavy (non-hydrogen) atoms. The lowest BCUT2D eigenvalue weighted by molar-refractivity contribution is 0.596. The number of nitriles is 1. The fourth-order valence-corrected chi connectivity index (χ4v) is 2.65. The fourth-order valence-electron chi connectivity index (χ4n) is 1.22. The van der Waals surface area contributed by atoms with Crippen LogP contribution in [0.1, 0.15) is 5.56 Å². The first-order chi connectivity index (χ1) is 8.03. The molecule has 0 fully saturated rings. The normalized spacial score (nSPS) is 12.2. The highest BCUT2D eigenvalue weighted by Crippen LogP contribution is 2.15. The van der Waals surface area contributed by atoms with Gasteiger partial charge < -0.3 is 5.73 Å². The smallest absolute Gasteiger partial charge is 0.182 e. The third kappa shape index (κ3) is 3.37. The number of sulfone groups is 1. The van der Waals surface area contributed by atoms with Crippen molar-refractivity contribution in [2.45, 2.75) is 4.90 Å². The quantitative estimate of drug-likeness (QED) is 0.873. The van der Waals surface area contributed by atoms with Gasteiger partial charge in [0, 0.05) is 6.54 Å². The van der Waals surface area contributed by atoms with E-state index in [2.05, 4.69) is 0 Å². The predicted molar refractivity (Wildman–Crippen MR) is 61.5 cm³/mol. The third-order valence-corrected chi connectivity index (χ3v) is 3.84. The van der Waals surface area contributed by atoms with Gasteiger partial charge in [-0.25, -0.2) is 12.8 Å². The van der Waals surface area contributed by atoms with Crippen LogP contribution in [0.25, 0.3) is 0 Å². The van der Waals surface area contributed by atoms with Gasteiger partial charge in [-0.1, -0.05) is 6.07 Å². The van der Waals surface area contributed by atoms with Gasteiger partial charge in [-0.15, -0.1) is 0 Å². The van der Waals surface area contributed by atoms with Crippen molar-refractivity contribution in [3.05, 3.63) is 41.7 Å². The molecule has 4 nitrogen and oxygen atoms in total. The van der Waals surface area contributed by atoms with E-state index in [1.807, 2.05) is 6.07 Å². The summed E-state index contributed by atoms with van der Waals surface area (Å²) < 4.78 is 36.0. The molecule has 0 bridgehead atoms. The number of nitrogens with zero attached hydrogens (tertiary/aromatic N) is 1. The Morgan fingerprint density at radius 3 is 2.76 bits per heavy atom. The molecule has 6 heteroatoms. The highest BCUT2D eigenvalue weighted by Gasteiger charge is 2.16. The van der Waals surface area contributed by atoms with E-state index in [1.165, 1.54) is 24.3 Å². The predicted octanol–water partition coefficient (Wildman–Crippen LogP) is 1.14. The van der Waals surface area contributed by atoms with Crippen LogP contribution in [0.5, 0.6) is 0 Å². The Bertz CT molecular complexity index is 573. The molecule has 0 atom stereocenters. The minimum absolute atomic E-state index is 0.00707. The van der Waals surface area contributed by atoms with Gasteiger partial charge >= 0.3 is 0 Å². The maximum atomic E-state index is 12.3. The van der Waals surface area contributed by atoms with Crippen LogP contribution in [0.4, 0.5) is 4.39 Å². The van der Waals surface area contributed by atoms with Crippen molar-refractivity contribution in [3.8, 4) is 6.07 Å². The summed E-state index contributed by atoms with van der Waals surface area (Å²) in [5.74, 6) is -0.477. The average molecular weight is 254 g/mol. The van der Waals surface area contributed by atoms with E-state index in [4.69, 9.17) is 11.0 Å². The SMILES string of the molecule is N#Cc1cccc(S(=O)(=O)C/C(=C/F)CN)c1. The second-order valence-electron chi connectivity index (χ2n) is 3.37. The van der Waals surface area contributed by atoms with Crippen LogP contribution in [0, 0.1) is 11.3 Å². The second kappa shape index (κ2) is 5.57. The molecule has 0 unspecified atom stereocenters. The average Bonchev–Trinajstić information content (AvgIpc) is 2.36. The highest BCUT2D eigenvalue weighted by molar-refractivity contribution is 7.91. The molecule has 0 aliphatic heterocycles. The third-order valence-electron chi connectivity index (χ3n) is 2.11. The molecule has 0 heterocycles. The lowest BCUT2D eigenvalue weighted by Gasteiger charge is -2.05. The van der Waals surface area contributed by atoms with Crippen molar-refractivity contribution in [1.82, 2.24) is 0 Å². The maximum absolute atomic E-state index is 12.3. The van der Waals surface area contributed by atoms with Crippen LogP contribution >= 0.6 is 0 Å². The monoisotopic (exact) mass is 254 g/mol. The van der Waals surface area contributed by atoms with Crippen molar-refractivity contribution in [2.75, 3.05) is 12.3 Å². The number of nitrogens with two attached hydrogens (primary N) is 1. The van der Waals surface area contributed by atoms with Gasteiger partial charge in [0.15, 0.2) is 9.84 Å². The van der Waals surface area contributed by atoms with Gasteiger partial charge in [-0.3, -0.25) is 0 Å². The summed E-state index contributed by atoms with van der Waals surface area (Å²) in [7, 11) is -3.66. The van der Waals surface area contributed by atoms with Crippen LogP contribution in [0.15, 0.2) is 41.1 Å². The zero-order chi connectivity index (χ0) is 12.9. The van der Waals surface area contributed by atoms with Crippen molar-refractivity contribution >= 4 is 9.84 Å². The van der Waals surface area contributed by atoms with Gasteiger partial charge in [0.05, 0.1) is 28.6 Å². The summed E-state index contributed by atoms with van der Waals surface area (Å²) in [6.07, 6.45) is 0.200. The van der Waals surface area contributed by atoms with E-state index in [1.54, 1.807) is 0 Å². The minimum Gasteiger partial charge on any atom is -0.327 e. The molecule has 90 valence electrons. The van der Waals surface area contributed by atoms with Crippen LogP contribution in [0.3, 0.4) is 0 Å². The molecule has 0 saturated heterocycles. The van der Waals surface area contributed by atoms with E-state index < -0.39 is 15.6 Å². The Morgan fingerprint density at radius 2 is 2.24 bits per heavy atom. The Hall–Kier alpha value is -1.71. The van der Waals surface area contributed by atoms with Crippen LogP contribution < -0.4 is 5.73 Å². The van der Waals surface area contributed by atoms with Gasteiger partial charge in [0.25, 0.3) is 0 Å². The molecular formula is C11H11FN2O2S. The van der Waals surface area contributed by atoms with Crippen LogP contribution in [0.2, 0.25) is 0 Å². The second-order valence-corrected chi connectivity index (χ2v) is 5.36. The Balaban J connectivity index is 3.10. The first-order valence-electron chi connectivity index (χ1n) is 4.74. The van der Waals surface area contributed by atoms with Crippen molar-refractivity contribution in [3.63, 3.8) is 0 Å². The van der Waals surface area contributed by atoms with Crippen molar-refractivity contribution < 1.29 is 12.8 Å². The molecular weight excluding hydrogens is 243 g/mol. The Morgan fingerprint density at radius 1 is 1.53 bits per heavy atom. The summed E-state index contributed by atoms with van der Waals surface area (Å²) in [6.45, 7) is -0.159. The topological polar surface area (TPSA) is 84.0 Å². The summed E-state index contributed by atoms with van der Waals surface area (Å²) in [6, 6.07) is 7.42. The first kappa shape index (κ1) is 13.4. The summed E-state index contributed by atoms with van der Waals surface area (Å²) in [5.41, 5.74) is 5.43. The molecule has 1 aromatic carbocycles. The molecule has 2 N–H and O–H groups in total. The molecule has 1 aromatic rings. The van der Waals surface area contributed by atoms with Crippen LogP contribution in [-0.4, -0.2) is 20.7 Å². The summed E-state index contributed by atoms with van der Waals surface area (Å²) >= 11 is 0. The first-order valence-corrected chi connectivity index (χ1v) is 6.40. The lowest BCUT2D eigenvalue weighted by Crippen LogP contribution is -2.15. The zero-order valence-corrected chi connectivity index (χ0v) is 9.74. The molecule has 0 spiro atoms. The number of hydrogen-bond donors (Lipinski definition) is 1. The van der Waals surface area contributed by atoms with Crippen LogP contribution in [-0.2, 0) is 9.84 Å². The van der Waals surface area contributed by atoms with E-state index in [0.29, 0.717) is 0 Å². The van der Waals surface area contributed by atoms with E-state index in [-0.39, 0.29) is 28.9 Å². The molecule has 0 saturated carbocycles. The standard InChI is InChI=1S/C11H11FN2O2S/c12-5-10(7-14)8-17(15,16)11-3-1-2-9(4-11)6-13/h1-5H,7-8,14H2/b10-5+. The number of halogens is 1. The van der Waals surface area contributed by atoms with Gasteiger partial charge in [0.1, 0.15) is 0 Å². The largest absolute Gasteiger partial charge is 0.327 e. The summed E-state index contributed by atoms with van der Waals surface area (Å²) in [5, 5.41) is 8.67. The Labute approximate surface area is 99.1 Å². The highest BCUT2D eigenvalue weighted by atomic mass is 32.2. The fraction of sp³-hybridized carbons (Fsp3) is 0.182. The van der Waals surface area contributed by atoms with Gasteiger partial charge in [0.2, 0.25) is 0 Å². The van der Waals surface area contributed by atoms with E-state index in [0.717, 1.165) is 0 Å². The van der Waals surface area contributed by atoms with Gasteiger partial charge in [-0.2, -0.15) is 5.26 Å². The summed E-state index contributed by atoms with van der Waals surface area (Å²) in [4.78, 5) is -0.00986. The van der Waals surface area contributed by atoms with Crippen molar-refractivity contribution in [2.24, 2.45) is 5.73 Å². The number of rotatable bonds is 4. The number of benzene rings is 1. The van der Waals surface area contributed by atoms with Gasteiger partial charge in [-0.05, 0) is 23.8 Å².